The second kappa shape index (κ2) is 7.80. The molecule has 2 aromatic rings. The lowest BCUT2D eigenvalue weighted by Gasteiger charge is -2.33. The highest BCUT2D eigenvalue weighted by Crippen LogP contribution is 2.29. The number of nitrogens with zero attached hydrogens (tertiary/aromatic N) is 2. The van der Waals surface area contributed by atoms with Crippen molar-refractivity contribution in [1.29, 1.82) is 0 Å². The first-order valence-corrected chi connectivity index (χ1v) is 11.5. The monoisotopic (exact) mass is 456 g/mol. The Labute approximate surface area is 166 Å². The molecule has 0 radical (unpaired) electrons. The van der Waals surface area contributed by atoms with E-state index in [1.807, 2.05) is 24.3 Å². The van der Waals surface area contributed by atoms with Crippen LogP contribution >= 0.6 is 27.3 Å². The SMILES string of the molecule is CC(C)c1ccc(C(=O)N2CCN(S(=O)(=O)c3ccc(Br)s3)CC2)cc1. The summed E-state index contributed by atoms with van der Waals surface area (Å²) in [5.41, 5.74) is 1.84. The van der Waals surface area contributed by atoms with Crippen LogP contribution in [-0.4, -0.2) is 49.7 Å². The molecule has 2 heterocycles. The van der Waals surface area contributed by atoms with E-state index in [-0.39, 0.29) is 5.91 Å². The van der Waals surface area contributed by atoms with Gasteiger partial charge in [0.25, 0.3) is 15.9 Å². The van der Waals surface area contributed by atoms with Crippen LogP contribution in [0.2, 0.25) is 0 Å². The summed E-state index contributed by atoms with van der Waals surface area (Å²) in [5, 5.41) is 0. The number of hydrogen-bond donors (Lipinski definition) is 0. The molecule has 1 aromatic heterocycles. The van der Waals surface area contributed by atoms with Crippen molar-refractivity contribution < 1.29 is 13.2 Å². The van der Waals surface area contributed by atoms with Crippen LogP contribution in [0.4, 0.5) is 0 Å². The van der Waals surface area contributed by atoms with Crippen molar-refractivity contribution in [2.45, 2.75) is 24.0 Å². The van der Waals surface area contributed by atoms with Gasteiger partial charge in [-0.05, 0) is 51.7 Å². The van der Waals surface area contributed by atoms with Crippen molar-refractivity contribution in [3.8, 4) is 0 Å². The molecule has 0 saturated carbocycles. The largest absolute Gasteiger partial charge is 0.336 e. The molecule has 0 atom stereocenters. The second-order valence-electron chi connectivity index (χ2n) is 6.53. The summed E-state index contributed by atoms with van der Waals surface area (Å²) < 4.78 is 27.9. The first-order valence-electron chi connectivity index (χ1n) is 8.44. The zero-order valence-corrected chi connectivity index (χ0v) is 17.9. The van der Waals surface area contributed by atoms with Gasteiger partial charge in [-0.2, -0.15) is 4.31 Å². The Hall–Kier alpha value is -1.22. The predicted octanol–water partition coefficient (Wildman–Crippen LogP) is 3.78. The first-order chi connectivity index (χ1) is 12.3. The van der Waals surface area contributed by atoms with Gasteiger partial charge in [-0.25, -0.2) is 8.42 Å². The Kier molecular flexibility index (Phi) is 5.86. The minimum atomic E-state index is -3.49. The molecule has 1 aliphatic heterocycles. The topological polar surface area (TPSA) is 57.7 Å². The maximum absolute atomic E-state index is 12.7. The molecule has 8 heteroatoms. The third kappa shape index (κ3) is 4.03. The van der Waals surface area contributed by atoms with Gasteiger partial charge in [-0.3, -0.25) is 4.79 Å². The molecule has 1 amide bonds. The molecule has 5 nitrogen and oxygen atoms in total. The Morgan fingerprint density at radius 1 is 1.04 bits per heavy atom. The van der Waals surface area contributed by atoms with Gasteiger partial charge in [0.2, 0.25) is 0 Å². The van der Waals surface area contributed by atoms with Crippen molar-refractivity contribution in [2.24, 2.45) is 0 Å². The molecular weight excluding hydrogens is 436 g/mol. The fourth-order valence-electron chi connectivity index (χ4n) is 2.89. The van der Waals surface area contributed by atoms with Gasteiger partial charge in [0.15, 0.2) is 0 Å². The van der Waals surface area contributed by atoms with Crippen molar-refractivity contribution in [3.05, 3.63) is 51.3 Å². The molecule has 1 aliphatic rings. The highest BCUT2D eigenvalue weighted by Gasteiger charge is 2.31. The zero-order valence-electron chi connectivity index (χ0n) is 14.7. The number of carbonyl (C=O) groups excluding carboxylic acids is 1. The molecule has 0 N–H and O–H groups in total. The van der Waals surface area contributed by atoms with Gasteiger partial charge in [0.1, 0.15) is 4.21 Å². The summed E-state index contributed by atoms with van der Waals surface area (Å²) in [7, 11) is -3.49. The summed E-state index contributed by atoms with van der Waals surface area (Å²) in [6.45, 7) is 5.65. The first kappa shape index (κ1) is 19.5. The van der Waals surface area contributed by atoms with E-state index >= 15 is 0 Å². The van der Waals surface area contributed by atoms with Gasteiger partial charge < -0.3 is 4.90 Å². The average molecular weight is 457 g/mol. The van der Waals surface area contributed by atoms with Gasteiger partial charge >= 0.3 is 0 Å². The van der Waals surface area contributed by atoms with Crippen LogP contribution in [0, 0.1) is 0 Å². The van der Waals surface area contributed by atoms with Crippen LogP contribution < -0.4 is 0 Å². The summed E-state index contributed by atoms with van der Waals surface area (Å²) in [4.78, 5) is 14.4. The number of rotatable bonds is 4. The molecule has 0 unspecified atom stereocenters. The zero-order chi connectivity index (χ0) is 18.9. The van der Waals surface area contributed by atoms with E-state index in [2.05, 4.69) is 29.8 Å². The fraction of sp³-hybridized carbons (Fsp3) is 0.389. The molecule has 1 aromatic carbocycles. The van der Waals surface area contributed by atoms with E-state index < -0.39 is 10.0 Å². The quantitative estimate of drug-likeness (QED) is 0.702. The molecule has 0 bridgehead atoms. The second-order valence-corrected chi connectivity index (χ2v) is 11.2. The van der Waals surface area contributed by atoms with Crippen LogP contribution in [0.15, 0.2) is 44.4 Å². The lowest BCUT2D eigenvalue weighted by atomic mass is 10.0. The van der Waals surface area contributed by atoms with Crippen LogP contribution in [0.3, 0.4) is 0 Å². The third-order valence-electron chi connectivity index (χ3n) is 4.49. The lowest BCUT2D eigenvalue weighted by Crippen LogP contribution is -2.50. The van der Waals surface area contributed by atoms with E-state index in [1.165, 1.54) is 21.2 Å². The Bertz CT molecular complexity index is 883. The minimum absolute atomic E-state index is 0.0452. The van der Waals surface area contributed by atoms with Crippen LogP contribution in [-0.2, 0) is 10.0 Å². The summed E-state index contributed by atoms with van der Waals surface area (Å²) in [6.07, 6.45) is 0. The minimum Gasteiger partial charge on any atom is -0.336 e. The maximum Gasteiger partial charge on any atom is 0.253 e. The van der Waals surface area contributed by atoms with Gasteiger partial charge in [0.05, 0.1) is 3.79 Å². The molecule has 3 rings (SSSR count). The Balaban J connectivity index is 1.65. The van der Waals surface area contributed by atoms with Crippen molar-refractivity contribution in [3.63, 3.8) is 0 Å². The van der Waals surface area contributed by atoms with Crippen molar-refractivity contribution in [2.75, 3.05) is 26.2 Å². The number of thiophene rings is 1. The van der Waals surface area contributed by atoms with E-state index in [0.29, 0.717) is 41.9 Å². The number of halogens is 1. The number of hydrogen-bond acceptors (Lipinski definition) is 4. The number of sulfonamides is 1. The van der Waals surface area contributed by atoms with Crippen molar-refractivity contribution >= 4 is 43.2 Å². The number of benzene rings is 1. The summed E-state index contributed by atoms with van der Waals surface area (Å²) in [6, 6.07) is 11.0. The summed E-state index contributed by atoms with van der Waals surface area (Å²) >= 11 is 4.50. The normalized spacial score (nSPS) is 16.2. The van der Waals surface area contributed by atoms with Crippen LogP contribution in [0.1, 0.15) is 35.7 Å². The van der Waals surface area contributed by atoms with Crippen LogP contribution in [0.25, 0.3) is 0 Å². The Morgan fingerprint density at radius 3 is 2.15 bits per heavy atom. The molecule has 1 fully saturated rings. The predicted molar refractivity (Wildman–Crippen MR) is 107 cm³/mol. The molecule has 0 spiro atoms. The van der Waals surface area contributed by atoms with Gasteiger partial charge in [0, 0.05) is 31.7 Å². The molecule has 0 aliphatic carbocycles. The highest BCUT2D eigenvalue weighted by molar-refractivity contribution is 9.11. The molecule has 140 valence electrons. The van der Waals surface area contributed by atoms with Crippen molar-refractivity contribution in [1.82, 2.24) is 9.21 Å². The van der Waals surface area contributed by atoms with E-state index in [4.69, 9.17) is 0 Å². The number of carbonyl (C=O) groups is 1. The molecular formula is C18H21BrN2O3S2. The third-order valence-corrected chi connectivity index (χ3v) is 8.48. The lowest BCUT2D eigenvalue weighted by molar-refractivity contribution is 0.0698. The smallest absolute Gasteiger partial charge is 0.253 e. The Morgan fingerprint density at radius 2 is 1.65 bits per heavy atom. The summed E-state index contributed by atoms with van der Waals surface area (Å²) in [5.74, 6) is 0.376. The molecule has 26 heavy (non-hydrogen) atoms. The van der Waals surface area contributed by atoms with Gasteiger partial charge in [-0.1, -0.05) is 26.0 Å². The highest BCUT2D eigenvalue weighted by atomic mass is 79.9. The van der Waals surface area contributed by atoms with E-state index in [1.54, 1.807) is 17.0 Å². The molecule has 1 saturated heterocycles. The number of amides is 1. The fourth-order valence-corrected chi connectivity index (χ4v) is 6.47. The maximum atomic E-state index is 12.7. The van der Waals surface area contributed by atoms with E-state index in [0.717, 1.165) is 3.79 Å². The standard InChI is InChI=1S/C18H21BrN2O3S2/c1-13(2)14-3-5-15(6-4-14)18(22)20-9-11-21(12-10-20)26(23,24)17-8-7-16(19)25-17/h3-8,13H,9-12H2,1-2H3. The average Bonchev–Trinajstić information content (AvgIpc) is 3.08. The van der Waals surface area contributed by atoms with E-state index in [9.17, 15) is 13.2 Å². The van der Waals surface area contributed by atoms with Gasteiger partial charge in [-0.15, -0.1) is 11.3 Å². The number of piperazine rings is 1. The van der Waals surface area contributed by atoms with Crippen LogP contribution in [0.5, 0.6) is 0 Å².